The average Bonchev–Trinajstić information content (AvgIpc) is 2.36. The molecule has 0 heterocycles. The van der Waals surface area contributed by atoms with E-state index in [2.05, 4.69) is 0 Å². The Morgan fingerprint density at radius 3 is 2.47 bits per heavy atom. The van der Waals surface area contributed by atoms with Gasteiger partial charge >= 0.3 is 0 Å². The Morgan fingerprint density at radius 1 is 1.35 bits per heavy atom. The van der Waals surface area contributed by atoms with Crippen molar-refractivity contribution < 1.29 is 14.3 Å². The van der Waals surface area contributed by atoms with Crippen molar-refractivity contribution in [3.05, 3.63) is 23.8 Å². The van der Waals surface area contributed by atoms with Crippen molar-refractivity contribution in [1.29, 1.82) is 0 Å². The largest absolute Gasteiger partial charge is 0.497 e. The van der Waals surface area contributed by atoms with Gasteiger partial charge in [0.05, 0.1) is 25.3 Å². The molecule has 0 aliphatic carbocycles. The zero-order chi connectivity index (χ0) is 13.1. The lowest BCUT2D eigenvalue weighted by Gasteiger charge is -2.22. The van der Waals surface area contributed by atoms with E-state index in [0.717, 1.165) is 0 Å². The van der Waals surface area contributed by atoms with Crippen LogP contribution in [0.15, 0.2) is 18.2 Å². The summed E-state index contributed by atoms with van der Waals surface area (Å²) in [5.41, 5.74) is 5.56. The van der Waals surface area contributed by atoms with E-state index in [1.54, 1.807) is 32.2 Å². The number of nitrogens with two attached hydrogens (primary N) is 1. The number of Topliss-reactive ketones (excluding diaryl/α,β-unsaturated/α-hetero) is 1. The molecule has 0 aromatic heterocycles. The van der Waals surface area contributed by atoms with Crippen LogP contribution in [0.5, 0.6) is 11.5 Å². The standard InChI is InChI=1S/C13H19NO3/c1-5-13(2,14)12(15)10-7-6-9(16-3)8-11(10)17-4/h6-8H,5,14H2,1-4H3. The van der Waals surface area contributed by atoms with Gasteiger partial charge in [0.15, 0.2) is 5.78 Å². The molecule has 0 aliphatic rings. The fourth-order valence-corrected chi connectivity index (χ4v) is 1.45. The Balaban J connectivity index is 3.18. The Bertz CT molecular complexity index is 413. The molecule has 0 amide bonds. The maximum atomic E-state index is 12.2. The molecule has 4 heteroatoms. The SMILES string of the molecule is CCC(C)(N)C(=O)c1ccc(OC)cc1OC. The first-order valence-electron chi connectivity index (χ1n) is 5.52. The van der Waals surface area contributed by atoms with Crippen molar-refractivity contribution in [3.8, 4) is 11.5 Å². The van der Waals surface area contributed by atoms with Gasteiger partial charge in [-0.25, -0.2) is 0 Å². The molecule has 0 bridgehead atoms. The van der Waals surface area contributed by atoms with Crippen LogP contribution in [-0.2, 0) is 0 Å². The normalized spacial score (nSPS) is 13.9. The van der Waals surface area contributed by atoms with Crippen molar-refractivity contribution in [2.45, 2.75) is 25.8 Å². The van der Waals surface area contributed by atoms with Crippen molar-refractivity contribution in [1.82, 2.24) is 0 Å². The van der Waals surface area contributed by atoms with Crippen LogP contribution in [0, 0.1) is 0 Å². The van der Waals surface area contributed by atoms with Gasteiger partial charge in [-0.1, -0.05) is 6.92 Å². The monoisotopic (exact) mass is 237 g/mol. The summed E-state index contributed by atoms with van der Waals surface area (Å²) < 4.78 is 10.3. The molecule has 0 saturated carbocycles. The molecule has 1 aromatic carbocycles. The number of hydrogen-bond donors (Lipinski definition) is 1. The van der Waals surface area contributed by atoms with E-state index in [-0.39, 0.29) is 5.78 Å². The lowest BCUT2D eigenvalue weighted by atomic mass is 9.89. The van der Waals surface area contributed by atoms with Crippen LogP contribution in [0.4, 0.5) is 0 Å². The van der Waals surface area contributed by atoms with E-state index >= 15 is 0 Å². The fraction of sp³-hybridized carbons (Fsp3) is 0.462. The zero-order valence-electron chi connectivity index (χ0n) is 10.7. The van der Waals surface area contributed by atoms with Crippen LogP contribution >= 0.6 is 0 Å². The van der Waals surface area contributed by atoms with E-state index in [1.165, 1.54) is 7.11 Å². The van der Waals surface area contributed by atoms with E-state index in [4.69, 9.17) is 15.2 Å². The number of carbonyl (C=O) groups excluding carboxylic acids is 1. The van der Waals surface area contributed by atoms with Gasteiger partial charge in [0.1, 0.15) is 11.5 Å². The molecule has 0 spiro atoms. The Kier molecular flexibility index (Phi) is 4.12. The molecular formula is C13H19NO3. The van der Waals surface area contributed by atoms with Crippen LogP contribution in [0.1, 0.15) is 30.6 Å². The first-order valence-corrected chi connectivity index (χ1v) is 5.52. The molecule has 4 nitrogen and oxygen atoms in total. The summed E-state index contributed by atoms with van der Waals surface area (Å²) in [4.78, 5) is 12.2. The number of ketones is 1. The summed E-state index contributed by atoms with van der Waals surface area (Å²) in [6.45, 7) is 3.60. The summed E-state index contributed by atoms with van der Waals surface area (Å²) >= 11 is 0. The quantitative estimate of drug-likeness (QED) is 0.796. The molecule has 0 saturated heterocycles. The molecular weight excluding hydrogens is 218 g/mol. The van der Waals surface area contributed by atoms with E-state index < -0.39 is 5.54 Å². The van der Waals surface area contributed by atoms with Crippen LogP contribution in [0.25, 0.3) is 0 Å². The first kappa shape index (κ1) is 13.5. The Morgan fingerprint density at radius 2 is 2.00 bits per heavy atom. The second kappa shape index (κ2) is 5.19. The van der Waals surface area contributed by atoms with E-state index in [9.17, 15) is 4.79 Å². The predicted molar refractivity (Wildman–Crippen MR) is 66.8 cm³/mol. The van der Waals surface area contributed by atoms with Crippen molar-refractivity contribution in [2.24, 2.45) is 5.73 Å². The molecule has 1 atom stereocenters. The maximum absolute atomic E-state index is 12.2. The molecule has 0 radical (unpaired) electrons. The second-order valence-corrected chi connectivity index (χ2v) is 4.17. The van der Waals surface area contributed by atoms with E-state index in [0.29, 0.717) is 23.5 Å². The van der Waals surface area contributed by atoms with Gasteiger partial charge in [-0.15, -0.1) is 0 Å². The van der Waals surface area contributed by atoms with Gasteiger partial charge in [0.2, 0.25) is 0 Å². The van der Waals surface area contributed by atoms with Crippen LogP contribution in [0.3, 0.4) is 0 Å². The Hall–Kier alpha value is -1.55. The van der Waals surface area contributed by atoms with Gasteiger partial charge in [0.25, 0.3) is 0 Å². The topological polar surface area (TPSA) is 61.6 Å². The number of rotatable bonds is 5. The van der Waals surface area contributed by atoms with Crippen molar-refractivity contribution >= 4 is 5.78 Å². The summed E-state index contributed by atoms with van der Waals surface area (Å²) in [5.74, 6) is 1.01. The highest BCUT2D eigenvalue weighted by Gasteiger charge is 2.29. The third-order valence-corrected chi connectivity index (χ3v) is 2.91. The number of benzene rings is 1. The molecule has 0 fully saturated rings. The summed E-state index contributed by atoms with van der Waals surface area (Å²) in [5, 5.41) is 0. The zero-order valence-corrected chi connectivity index (χ0v) is 10.7. The second-order valence-electron chi connectivity index (χ2n) is 4.17. The average molecular weight is 237 g/mol. The fourth-order valence-electron chi connectivity index (χ4n) is 1.45. The molecule has 1 rings (SSSR count). The molecule has 2 N–H and O–H groups in total. The van der Waals surface area contributed by atoms with Crippen LogP contribution in [0.2, 0.25) is 0 Å². The highest BCUT2D eigenvalue weighted by molar-refractivity contribution is 6.05. The molecule has 1 unspecified atom stereocenters. The molecule has 17 heavy (non-hydrogen) atoms. The van der Waals surface area contributed by atoms with Crippen molar-refractivity contribution in [3.63, 3.8) is 0 Å². The minimum Gasteiger partial charge on any atom is -0.497 e. The summed E-state index contributed by atoms with van der Waals surface area (Å²) in [6.07, 6.45) is 0.570. The highest BCUT2D eigenvalue weighted by Crippen LogP contribution is 2.27. The Labute approximate surface area is 102 Å². The number of carbonyl (C=O) groups is 1. The van der Waals surface area contributed by atoms with Gasteiger partial charge in [0, 0.05) is 6.07 Å². The summed E-state index contributed by atoms with van der Waals surface area (Å²) in [7, 11) is 3.08. The smallest absolute Gasteiger partial charge is 0.186 e. The van der Waals surface area contributed by atoms with Crippen molar-refractivity contribution in [2.75, 3.05) is 14.2 Å². The third kappa shape index (κ3) is 2.77. The molecule has 0 aliphatic heterocycles. The number of ether oxygens (including phenoxy) is 2. The van der Waals surface area contributed by atoms with Crippen LogP contribution in [-0.4, -0.2) is 25.5 Å². The highest BCUT2D eigenvalue weighted by atomic mass is 16.5. The van der Waals surface area contributed by atoms with E-state index in [1.807, 2.05) is 6.92 Å². The first-order chi connectivity index (χ1) is 7.96. The summed E-state index contributed by atoms with van der Waals surface area (Å²) in [6, 6.07) is 5.08. The van der Waals surface area contributed by atoms with Gasteiger partial charge < -0.3 is 15.2 Å². The predicted octanol–water partition coefficient (Wildman–Crippen LogP) is 2.01. The van der Waals surface area contributed by atoms with Crippen LogP contribution < -0.4 is 15.2 Å². The van der Waals surface area contributed by atoms with Gasteiger partial charge in [-0.05, 0) is 25.5 Å². The number of hydrogen-bond acceptors (Lipinski definition) is 4. The van der Waals surface area contributed by atoms with Gasteiger partial charge in [-0.2, -0.15) is 0 Å². The lowest BCUT2D eigenvalue weighted by molar-refractivity contribution is 0.0894. The van der Waals surface area contributed by atoms with Gasteiger partial charge in [-0.3, -0.25) is 4.79 Å². The molecule has 1 aromatic rings. The lowest BCUT2D eigenvalue weighted by Crippen LogP contribution is -2.44. The number of methoxy groups -OCH3 is 2. The maximum Gasteiger partial charge on any atom is 0.186 e. The minimum atomic E-state index is -0.873. The minimum absolute atomic E-state index is 0.125. The molecule has 94 valence electrons. The third-order valence-electron chi connectivity index (χ3n) is 2.91.